The highest BCUT2D eigenvalue weighted by Crippen LogP contribution is 2.32. The number of halogens is 1. The maximum atomic E-state index is 13.5. The monoisotopic (exact) mass is 483 g/mol. The van der Waals surface area contributed by atoms with Crippen LogP contribution in [0.1, 0.15) is 17.3 Å². The van der Waals surface area contributed by atoms with Crippen molar-refractivity contribution in [3.8, 4) is 5.75 Å². The Morgan fingerprint density at radius 3 is 2.48 bits per heavy atom. The molecule has 0 unspecified atom stereocenters. The van der Waals surface area contributed by atoms with Gasteiger partial charge in [0, 0.05) is 13.1 Å². The van der Waals surface area contributed by atoms with E-state index in [9.17, 15) is 13.2 Å². The Bertz CT molecular complexity index is 1160. The zero-order valence-electron chi connectivity index (χ0n) is 17.9. The Morgan fingerprint density at radius 1 is 1.13 bits per heavy atom. The first-order valence-corrected chi connectivity index (χ1v) is 12.0. The summed E-state index contributed by atoms with van der Waals surface area (Å²) < 4.78 is 31.3. The van der Waals surface area contributed by atoms with Crippen molar-refractivity contribution in [3.05, 3.63) is 48.0 Å². The molecule has 2 aromatic carbocycles. The van der Waals surface area contributed by atoms with Gasteiger partial charge in [0.2, 0.25) is 0 Å². The molecule has 0 N–H and O–H groups in total. The molecule has 0 radical (unpaired) electrons. The molecule has 0 saturated carbocycles. The van der Waals surface area contributed by atoms with Crippen LogP contribution in [0.3, 0.4) is 0 Å². The van der Waals surface area contributed by atoms with Crippen LogP contribution in [-0.4, -0.2) is 64.3 Å². The Labute approximate surface area is 193 Å². The van der Waals surface area contributed by atoms with Crippen molar-refractivity contribution in [2.45, 2.75) is 11.8 Å². The fraction of sp³-hybridized carbons (Fsp3) is 0.333. The van der Waals surface area contributed by atoms with E-state index in [1.165, 1.54) is 17.4 Å². The highest BCUT2D eigenvalue weighted by atomic mass is 35.5. The van der Waals surface area contributed by atoms with Crippen LogP contribution in [0.15, 0.2) is 47.4 Å². The number of carbonyl (C=O) groups is 1. The normalized spacial score (nSPS) is 11.4. The van der Waals surface area contributed by atoms with Gasteiger partial charge in [0.05, 0.1) is 33.5 Å². The van der Waals surface area contributed by atoms with Crippen LogP contribution in [0.4, 0.5) is 5.13 Å². The molecule has 1 amide bonds. The second-order valence-corrected chi connectivity index (χ2v) is 10.2. The number of sulfone groups is 1. The summed E-state index contributed by atoms with van der Waals surface area (Å²) in [5.41, 5.74) is 0.919. The van der Waals surface area contributed by atoms with Gasteiger partial charge in [0.1, 0.15) is 5.75 Å². The molecule has 31 heavy (non-hydrogen) atoms. The van der Waals surface area contributed by atoms with E-state index in [-0.39, 0.29) is 34.5 Å². The average Bonchev–Trinajstić information content (AvgIpc) is 3.16. The zero-order valence-corrected chi connectivity index (χ0v) is 20.3. The minimum absolute atomic E-state index is 0. The molecule has 0 fully saturated rings. The van der Waals surface area contributed by atoms with Crippen LogP contribution in [0.2, 0.25) is 0 Å². The van der Waals surface area contributed by atoms with Gasteiger partial charge in [0.15, 0.2) is 15.0 Å². The van der Waals surface area contributed by atoms with Crippen molar-refractivity contribution < 1.29 is 17.9 Å². The van der Waals surface area contributed by atoms with Crippen LogP contribution in [0.5, 0.6) is 5.75 Å². The van der Waals surface area contributed by atoms with Crippen molar-refractivity contribution in [2.75, 3.05) is 44.9 Å². The van der Waals surface area contributed by atoms with E-state index in [1.807, 2.05) is 37.2 Å². The molecule has 1 aromatic heterocycles. The first-order valence-electron chi connectivity index (χ1n) is 9.49. The second kappa shape index (κ2) is 10.4. The number of anilines is 1. The van der Waals surface area contributed by atoms with Gasteiger partial charge in [-0.25, -0.2) is 13.4 Å². The van der Waals surface area contributed by atoms with Crippen LogP contribution in [0.25, 0.3) is 10.2 Å². The predicted octanol–water partition coefficient (Wildman–Crippen LogP) is 3.73. The number of hydrogen-bond donors (Lipinski definition) is 0. The Morgan fingerprint density at radius 2 is 1.84 bits per heavy atom. The maximum Gasteiger partial charge on any atom is 0.261 e. The third kappa shape index (κ3) is 5.54. The molecule has 7 nitrogen and oxygen atoms in total. The summed E-state index contributed by atoms with van der Waals surface area (Å²) in [5.74, 6) is 0.259. The topological polar surface area (TPSA) is 79.8 Å². The van der Waals surface area contributed by atoms with Crippen molar-refractivity contribution in [1.82, 2.24) is 9.88 Å². The first-order chi connectivity index (χ1) is 14.3. The number of amides is 1. The molecular formula is C21H26ClN3O4S2. The number of nitrogens with zero attached hydrogens (tertiary/aromatic N) is 3. The SMILES string of the molecule is CCS(=O)(=O)c1ccccc1C(=O)N(CCN(C)C)c1nc2ccc(OC)cc2s1.Cl. The lowest BCUT2D eigenvalue weighted by atomic mass is 10.2. The number of hydrogen-bond acceptors (Lipinski definition) is 7. The molecule has 1 heterocycles. The fourth-order valence-corrected chi connectivity index (χ4v) is 5.04. The molecule has 168 valence electrons. The molecule has 0 aliphatic rings. The summed E-state index contributed by atoms with van der Waals surface area (Å²) in [6.45, 7) is 2.55. The van der Waals surface area contributed by atoms with Gasteiger partial charge in [-0.1, -0.05) is 30.4 Å². The zero-order chi connectivity index (χ0) is 21.9. The molecule has 0 spiro atoms. The number of thiazole rings is 1. The summed E-state index contributed by atoms with van der Waals surface area (Å²) in [6, 6.07) is 11.9. The van der Waals surface area contributed by atoms with E-state index in [1.54, 1.807) is 37.1 Å². The smallest absolute Gasteiger partial charge is 0.261 e. The van der Waals surface area contributed by atoms with E-state index < -0.39 is 9.84 Å². The molecule has 0 saturated heterocycles. The third-order valence-corrected chi connectivity index (χ3v) is 7.49. The highest BCUT2D eigenvalue weighted by Gasteiger charge is 2.27. The van der Waals surface area contributed by atoms with Crippen LogP contribution in [0, 0.1) is 0 Å². The average molecular weight is 484 g/mol. The van der Waals surface area contributed by atoms with Gasteiger partial charge in [-0.15, -0.1) is 12.4 Å². The van der Waals surface area contributed by atoms with Crippen LogP contribution >= 0.6 is 23.7 Å². The van der Waals surface area contributed by atoms with Gasteiger partial charge in [0.25, 0.3) is 5.91 Å². The molecule has 3 rings (SSSR count). The third-order valence-electron chi connectivity index (χ3n) is 4.66. The van der Waals surface area contributed by atoms with E-state index in [0.717, 1.165) is 10.2 Å². The molecule has 10 heteroatoms. The highest BCUT2D eigenvalue weighted by molar-refractivity contribution is 7.91. The number of ether oxygens (including phenoxy) is 1. The van der Waals surface area contributed by atoms with Gasteiger partial charge in [-0.05, 0) is 44.4 Å². The number of carbonyl (C=O) groups excluding carboxylic acids is 1. The standard InChI is InChI=1S/C21H25N3O4S2.ClH/c1-5-30(26,27)19-9-7-6-8-16(19)20(25)24(13-12-23(2)3)21-22-17-11-10-15(28-4)14-18(17)29-21;/h6-11,14H,5,12-13H2,1-4H3;1H. The van der Waals surface area contributed by atoms with Gasteiger partial charge < -0.3 is 9.64 Å². The molecule has 3 aromatic rings. The lowest BCUT2D eigenvalue weighted by Gasteiger charge is -2.23. The number of rotatable bonds is 8. The summed E-state index contributed by atoms with van der Waals surface area (Å²) in [4.78, 5) is 21.7. The number of likely N-dealkylation sites (N-methyl/N-ethyl adjacent to an activating group) is 1. The number of aromatic nitrogens is 1. The summed E-state index contributed by atoms with van der Waals surface area (Å²) in [7, 11) is 1.89. The van der Waals surface area contributed by atoms with Crippen molar-refractivity contribution in [1.29, 1.82) is 0 Å². The lowest BCUT2D eigenvalue weighted by molar-refractivity contribution is 0.0982. The van der Waals surface area contributed by atoms with Crippen LogP contribution < -0.4 is 9.64 Å². The molecule has 0 aliphatic carbocycles. The van der Waals surface area contributed by atoms with Gasteiger partial charge in [-0.3, -0.25) is 9.69 Å². The Hall–Kier alpha value is -2.20. The quantitative estimate of drug-likeness (QED) is 0.485. The molecule has 0 bridgehead atoms. The Balaban J connectivity index is 0.00000341. The second-order valence-electron chi connectivity index (χ2n) is 6.99. The minimum atomic E-state index is -3.55. The molecule has 0 aliphatic heterocycles. The number of benzene rings is 2. The largest absolute Gasteiger partial charge is 0.497 e. The van der Waals surface area contributed by atoms with E-state index in [4.69, 9.17) is 4.74 Å². The van der Waals surface area contributed by atoms with Crippen LogP contribution in [-0.2, 0) is 9.84 Å². The van der Waals surface area contributed by atoms with E-state index >= 15 is 0 Å². The predicted molar refractivity (Wildman–Crippen MR) is 128 cm³/mol. The minimum Gasteiger partial charge on any atom is -0.497 e. The Kier molecular flexibility index (Phi) is 8.41. The summed E-state index contributed by atoms with van der Waals surface area (Å²) >= 11 is 1.37. The van der Waals surface area contributed by atoms with Crippen molar-refractivity contribution >= 4 is 54.8 Å². The first kappa shape index (κ1) is 25.1. The molecule has 0 atom stereocenters. The maximum absolute atomic E-state index is 13.5. The number of fused-ring (bicyclic) bond motifs is 1. The summed E-state index contributed by atoms with van der Waals surface area (Å²) in [6.07, 6.45) is 0. The number of methoxy groups -OCH3 is 1. The lowest BCUT2D eigenvalue weighted by Crippen LogP contribution is -2.37. The summed E-state index contributed by atoms with van der Waals surface area (Å²) in [5, 5.41) is 0.522. The van der Waals surface area contributed by atoms with Gasteiger partial charge >= 0.3 is 0 Å². The van der Waals surface area contributed by atoms with Crippen molar-refractivity contribution in [3.63, 3.8) is 0 Å². The van der Waals surface area contributed by atoms with Crippen molar-refractivity contribution in [2.24, 2.45) is 0 Å². The van der Waals surface area contributed by atoms with E-state index in [0.29, 0.717) is 24.0 Å². The molecular weight excluding hydrogens is 458 g/mol. The van der Waals surface area contributed by atoms with Gasteiger partial charge in [-0.2, -0.15) is 0 Å². The fourth-order valence-electron chi connectivity index (χ4n) is 2.93. The van der Waals surface area contributed by atoms with E-state index in [2.05, 4.69) is 4.98 Å².